The Morgan fingerprint density at radius 1 is 1.10 bits per heavy atom. The standard InChI is InChI=1S/C37H56N4O7/c1-22(2)31(42)30-25(21-45-7)29-20-41(30)34(43)32(36(3,4)5)40-35(44)48-37(6)18-12-14-23(37)13-10-9-11-15-27-33(47-29)39-28-19-24(46-8)16-17-26(28)38-27/h16-17,19,22-23,25-26,28-30,32H,9-15,18,20-21H2,1-8H3,(H,40,44). The molecular formula is C37H56N4O7. The maximum Gasteiger partial charge on any atom is 0.408 e. The van der Waals surface area contributed by atoms with Crippen molar-refractivity contribution in [3.63, 3.8) is 0 Å². The van der Waals surface area contributed by atoms with E-state index in [2.05, 4.69) is 5.32 Å². The highest BCUT2D eigenvalue weighted by molar-refractivity contribution is 6.39. The summed E-state index contributed by atoms with van der Waals surface area (Å²) < 4.78 is 24.1. The van der Waals surface area contributed by atoms with Crippen LogP contribution < -0.4 is 5.32 Å². The van der Waals surface area contributed by atoms with Crippen molar-refractivity contribution in [3.05, 3.63) is 24.0 Å². The van der Waals surface area contributed by atoms with Crippen LogP contribution in [0.25, 0.3) is 0 Å². The van der Waals surface area contributed by atoms with Gasteiger partial charge in [-0.15, -0.1) is 0 Å². The number of amides is 2. The van der Waals surface area contributed by atoms with Gasteiger partial charge in [0, 0.05) is 18.9 Å². The van der Waals surface area contributed by atoms with Crippen molar-refractivity contribution >= 4 is 29.4 Å². The summed E-state index contributed by atoms with van der Waals surface area (Å²) in [5.41, 5.74) is -0.467. The lowest BCUT2D eigenvalue weighted by Crippen LogP contribution is -2.58. The molecule has 0 radical (unpaired) electrons. The van der Waals surface area contributed by atoms with E-state index in [1.807, 2.05) is 59.8 Å². The predicted octanol–water partition coefficient (Wildman–Crippen LogP) is 5.42. The molecule has 0 aromatic rings. The summed E-state index contributed by atoms with van der Waals surface area (Å²) >= 11 is 0. The number of methoxy groups -OCH3 is 2. The molecule has 5 rings (SSSR count). The summed E-state index contributed by atoms with van der Waals surface area (Å²) in [4.78, 5) is 54.0. The molecule has 1 saturated carbocycles. The summed E-state index contributed by atoms with van der Waals surface area (Å²) in [7, 11) is 3.22. The van der Waals surface area contributed by atoms with E-state index in [0.717, 1.165) is 56.4 Å². The number of Topliss-reactive ketones (excluding diaryl/α,β-unsaturated/α-hetero) is 1. The van der Waals surface area contributed by atoms with Crippen molar-refractivity contribution in [2.75, 3.05) is 27.4 Å². The van der Waals surface area contributed by atoms with Gasteiger partial charge in [0.2, 0.25) is 11.8 Å². The van der Waals surface area contributed by atoms with E-state index in [1.165, 1.54) is 0 Å². The molecule has 11 nitrogen and oxygen atoms in total. The quantitative estimate of drug-likeness (QED) is 0.414. The molecule has 0 spiro atoms. The van der Waals surface area contributed by atoms with Crippen LogP contribution in [0.1, 0.15) is 92.9 Å². The van der Waals surface area contributed by atoms with Crippen LogP contribution in [0.15, 0.2) is 34.0 Å². The highest BCUT2D eigenvalue weighted by Crippen LogP contribution is 2.42. The Morgan fingerprint density at radius 2 is 1.85 bits per heavy atom. The van der Waals surface area contributed by atoms with Gasteiger partial charge in [-0.25, -0.2) is 9.79 Å². The predicted molar refractivity (Wildman–Crippen MR) is 184 cm³/mol. The van der Waals surface area contributed by atoms with Gasteiger partial charge in [0.1, 0.15) is 29.5 Å². The molecule has 1 N–H and O–H groups in total. The third-order valence-corrected chi connectivity index (χ3v) is 10.8. The van der Waals surface area contributed by atoms with Crippen LogP contribution in [-0.2, 0) is 28.5 Å². The van der Waals surface area contributed by atoms with Crippen molar-refractivity contribution in [2.24, 2.45) is 33.2 Å². The number of allylic oxidation sites excluding steroid dienone is 1. The number of carbonyl (C=O) groups excluding carboxylic acids is 3. The normalized spacial score (nSPS) is 34.6. The van der Waals surface area contributed by atoms with Crippen LogP contribution in [0.5, 0.6) is 0 Å². The summed E-state index contributed by atoms with van der Waals surface area (Å²) in [5, 5.41) is 2.95. The number of ketones is 1. The molecule has 5 aliphatic rings. The zero-order valence-corrected chi connectivity index (χ0v) is 30.1. The van der Waals surface area contributed by atoms with Crippen LogP contribution >= 0.6 is 0 Å². The van der Waals surface area contributed by atoms with Crippen LogP contribution in [0.3, 0.4) is 0 Å². The average Bonchev–Trinajstić information content (AvgIpc) is 3.57. The maximum atomic E-state index is 14.6. The van der Waals surface area contributed by atoms with Crippen molar-refractivity contribution in [1.82, 2.24) is 10.2 Å². The molecule has 11 heteroatoms. The van der Waals surface area contributed by atoms with E-state index in [1.54, 1.807) is 19.1 Å². The molecule has 2 aliphatic carbocycles. The largest absolute Gasteiger partial charge is 0.497 e. The van der Waals surface area contributed by atoms with Crippen LogP contribution in [0, 0.1) is 23.2 Å². The number of fused-ring (bicyclic) bond motifs is 5. The van der Waals surface area contributed by atoms with Crippen molar-refractivity contribution in [2.45, 2.75) is 129 Å². The van der Waals surface area contributed by atoms with E-state index in [4.69, 9.17) is 28.9 Å². The second-order valence-corrected chi connectivity index (χ2v) is 15.7. The number of alkyl carbamates (subject to hydrolysis) is 1. The van der Waals surface area contributed by atoms with Gasteiger partial charge in [-0.05, 0) is 68.9 Å². The maximum absolute atomic E-state index is 14.6. The summed E-state index contributed by atoms with van der Waals surface area (Å²) in [6.07, 6.45) is 12.1. The number of carbonyl (C=O) groups is 3. The molecule has 8 unspecified atom stereocenters. The lowest BCUT2D eigenvalue weighted by Gasteiger charge is -2.37. The van der Waals surface area contributed by atoms with Gasteiger partial charge in [-0.3, -0.25) is 14.6 Å². The number of hydrogen-bond donors (Lipinski definition) is 1. The molecule has 3 heterocycles. The SMILES string of the molecule is COCC1C2CN(C(=O)C(C(C)(C)C)NC(=O)OC3(C)CCCC3CCCCCC3=NC4C=CC(OC)=CC4N=C3O2)C1C(=O)C(C)C. The first-order valence-corrected chi connectivity index (χ1v) is 17.8. The molecular weight excluding hydrogens is 612 g/mol. The Morgan fingerprint density at radius 3 is 2.54 bits per heavy atom. The van der Waals surface area contributed by atoms with Gasteiger partial charge in [-0.1, -0.05) is 53.5 Å². The number of aliphatic imine (C=N–C) groups is 2. The van der Waals surface area contributed by atoms with Gasteiger partial charge >= 0.3 is 6.09 Å². The van der Waals surface area contributed by atoms with Crippen LogP contribution in [-0.4, -0.2) is 97.5 Å². The first kappa shape index (κ1) is 36.1. The van der Waals surface area contributed by atoms with Crippen molar-refractivity contribution in [1.29, 1.82) is 0 Å². The minimum atomic E-state index is -0.937. The molecule has 0 aromatic heterocycles. The zero-order chi connectivity index (χ0) is 34.8. The highest BCUT2D eigenvalue weighted by atomic mass is 16.6. The second kappa shape index (κ2) is 14.7. The van der Waals surface area contributed by atoms with Gasteiger partial charge in [0.25, 0.3) is 0 Å². The van der Waals surface area contributed by atoms with E-state index < -0.39 is 41.2 Å². The number of nitrogens with zero attached hydrogens (tertiary/aromatic N) is 3. The Bertz CT molecular complexity index is 1350. The summed E-state index contributed by atoms with van der Waals surface area (Å²) in [5.74, 6) is 0.193. The fourth-order valence-electron chi connectivity index (χ4n) is 8.01. The smallest absolute Gasteiger partial charge is 0.408 e. The number of rotatable bonds is 5. The first-order valence-electron chi connectivity index (χ1n) is 17.8. The Kier molecular flexibility index (Phi) is 11.1. The lowest BCUT2D eigenvalue weighted by molar-refractivity contribution is -0.143. The van der Waals surface area contributed by atoms with Gasteiger partial charge in [0.15, 0.2) is 5.78 Å². The third kappa shape index (κ3) is 7.66. The monoisotopic (exact) mass is 668 g/mol. The topological polar surface area (TPSA) is 128 Å². The number of ether oxygens (including phenoxy) is 4. The van der Waals surface area contributed by atoms with Gasteiger partial charge < -0.3 is 29.2 Å². The molecule has 0 aromatic carbocycles. The third-order valence-electron chi connectivity index (χ3n) is 10.8. The molecule has 266 valence electrons. The van der Waals surface area contributed by atoms with E-state index >= 15 is 0 Å². The van der Waals surface area contributed by atoms with Crippen molar-refractivity contribution < 1.29 is 33.3 Å². The lowest BCUT2D eigenvalue weighted by atomic mass is 9.85. The number of nitrogens with one attached hydrogen (secondary N) is 1. The molecule has 3 fully saturated rings. The summed E-state index contributed by atoms with van der Waals surface area (Å²) in [6, 6.07) is -2.18. The Hall–Kier alpha value is -3.21. The fraction of sp³-hybridized carbons (Fsp3) is 0.757. The van der Waals surface area contributed by atoms with Crippen LogP contribution in [0.2, 0.25) is 0 Å². The van der Waals surface area contributed by atoms with Crippen LogP contribution in [0.4, 0.5) is 4.79 Å². The molecule has 8 atom stereocenters. The molecule has 2 bridgehead atoms. The molecule has 3 aliphatic heterocycles. The second-order valence-electron chi connectivity index (χ2n) is 15.7. The first-order chi connectivity index (χ1) is 22.8. The van der Waals surface area contributed by atoms with E-state index in [-0.39, 0.29) is 48.8 Å². The van der Waals surface area contributed by atoms with Crippen molar-refractivity contribution in [3.8, 4) is 0 Å². The Labute approximate surface area is 286 Å². The molecule has 48 heavy (non-hydrogen) atoms. The highest BCUT2D eigenvalue weighted by Gasteiger charge is 2.53. The Balaban J connectivity index is 1.55. The van der Waals surface area contributed by atoms with Gasteiger partial charge in [0.05, 0.1) is 38.1 Å². The summed E-state index contributed by atoms with van der Waals surface area (Å²) in [6.45, 7) is 11.8. The van der Waals surface area contributed by atoms with E-state index in [9.17, 15) is 14.4 Å². The number of hydrogen-bond acceptors (Lipinski definition) is 9. The fourth-order valence-corrected chi connectivity index (χ4v) is 8.01. The zero-order valence-electron chi connectivity index (χ0n) is 30.1. The molecule has 2 saturated heterocycles. The minimum absolute atomic E-state index is 0.0800. The minimum Gasteiger partial charge on any atom is -0.497 e. The van der Waals surface area contributed by atoms with E-state index in [0.29, 0.717) is 12.3 Å². The average molecular weight is 669 g/mol. The van der Waals surface area contributed by atoms with Gasteiger partial charge in [-0.2, -0.15) is 0 Å². The molecule has 2 amide bonds.